The van der Waals surface area contributed by atoms with Gasteiger partial charge in [0.05, 0.1) is 17.2 Å². The fourth-order valence-corrected chi connectivity index (χ4v) is 4.04. The summed E-state index contributed by atoms with van der Waals surface area (Å²) in [6.07, 6.45) is 4.82. The van der Waals surface area contributed by atoms with Crippen molar-refractivity contribution in [2.24, 2.45) is 5.92 Å². The molecule has 3 atom stereocenters. The van der Waals surface area contributed by atoms with Crippen molar-refractivity contribution in [1.29, 1.82) is 0 Å². The number of para-hydroxylation sites is 1. The zero-order chi connectivity index (χ0) is 15.4. The van der Waals surface area contributed by atoms with Crippen molar-refractivity contribution in [3.05, 3.63) is 48.4 Å². The maximum absolute atomic E-state index is 12.6. The molecule has 3 aromatic rings. The molecule has 0 radical (unpaired) electrons. The summed E-state index contributed by atoms with van der Waals surface area (Å²) in [6.45, 7) is 3.28. The van der Waals surface area contributed by atoms with Crippen LogP contribution in [0.5, 0.6) is 0 Å². The van der Waals surface area contributed by atoms with Gasteiger partial charge in [0.1, 0.15) is 5.69 Å². The van der Waals surface area contributed by atoms with E-state index in [0.29, 0.717) is 11.6 Å². The molecule has 0 saturated carbocycles. The Morgan fingerprint density at radius 1 is 1.26 bits per heavy atom. The van der Waals surface area contributed by atoms with Crippen LogP contribution in [0.2, 0.25) is 0 Å². The Kier molecular flexibility index (Phi) is 2.73. The number of benzene rings is 1. The van der Waals surface area contributed by atoms with Crippen LogP contribution in [0.15, 0.2) is 42.7 Å². The molecule has 4 heterocycles. The SMILES string of the molecule is O=C(NC1CN2CC[C@H]1C2)c1cn2c(cn1)cc1ccccc12. The lowest BCUT2D eigenvalue weighted by atomic mass is 10.00. The normalized spacial score (nSPS) is 26.2. The first-order valence-electron chi connectivity index (χ1n) is 8.17. The lowest BCUT2D eigenvalue weighted by Crippen LogP contribution is -2.43. The molecule has 5 rings (SSSR count). The summed E-state index contributed by atoms with van der Waals surface area (Å²) in [5, 5.41) is 4.34. The van der Waals surface area contributed by atoms with E-state index >= 15 is 0 Å². The highest BCUT2D eigenvalue weighted by Crippen LogP contribution is 2.28. The molecular formula is C18H18N4O. The Balaban J connectivity index is 1.47. The maximum atomic E-state index is 12.6. The highest BCUT2D eigenvalue weighted by atomic mass is 16.2. The largest absolute Gasteiger partial charge is 0.346 e. The fraction of sp³-hybridized carbons (Fsp3) is 0.333. The van der Waals surface area contributed by atoms with Crippen LogP contribution < -0.4 is 5.32 Å². The molecule has 2 aromatic heterocycles. The highest BCUT2D eigenvalue weighted by Gasteiger charge is 2.38. The van der Waals surface area contributed by atoms with E-state index < -0.39 is 0 Å². The van der Waals surface area contributed by atoms with Crippen LogP contribution in [-0.2, 0) is 0 Å². The van der Waals surface area contributed by atoms with Crippen molar-refractivity contribution in [2.75, 3.05) is 19.6 Å². The molecule has 23 heavy (non-hydrogen) atoms. The monoisotopic (exact) mass is 306 g/mol. The number of amides is 1. The van der Waals surface area contributed by atoms with E-state index in [2.05, 4.69) is 33.4 Å². The van der Waals surface area contributed by atoms with E-state index in [4.69, 9.17) is 0 Å². The van der Waals surface area contributed by atoms with E-state index in [0.717, 1.165) is 29.5 Å². The Labute approximate surface area is 133 Å². The number of fused-ring (bicyclic) bond motifs is 5. The van der Waals surface area contributed by atoms with E-state index in [1.165, 1.54) is 13.0 Å². The van der Waals surface area contributed by atoms with Gasteiger partial charge in [-0.2, -0.15) is 0 Å². The highest BCUT2D eigenvalue weighted by molar-refractivity contribution is 5.94. The molecule has 2 unspecified atom stereocenters. The smallest absolute Gasteiger partial charge is 0.271 e. The van der Waals surface area contributed by atoms with Gasteiger partial charge in [-0.05, 0) is 31.0 Å². The number of hydrogen-bond donors (Lipinski definition) is 1. The van der Waals surface area contributed by atoms with Gasteiger partial charge in [0.15, 0.2) is 0 Å². The van der Waals surface area contributed by atoms with Crippen molar-refractivity contribution < 1.29 is 4.79 Å². The molecule has 1 aromatic carbocycles. The number of aromatic nitrogens is 2. The Morgan fingerprint density at radius 3 is 3.00 bits per heavy atom. The van der Waals surface area contributed by atoms with Gasteiger partial charge in [-0.3, -0.25) is 4.79 Å². The minimum absolute atomic E-state index is 0.0663. The van der Waals surface area contributed by atoms with Gasteiger partial charge in [-0.1, -0.05) is 18.2 Å². The van der Waals surface area contributed by atoms with Crippen molar-refractivity contribution >= 4 is 22.3 Å². The summed E-state index contributed by atoms with van der Waals surface area (Å²) in [5.74, 6) is 0.540. The van der Waals surface area contributed by atoms with Crippen LogP contribution in [0.3, 0.4) is 0 Å². The third-order valence-electron chi connectivity index (χ3n) is 5.25. The van der Waals surface area contributed by atoms with Gasteiger partial charge < -0.3 is 14.6 Å². The number of carbonyl (C=O) groups is 1. The zero-order valence-corrected chi connectivity index (χ0v) is 12.8. The van der Waals surface area contributed by atoms with E-state index in [1.807, 2.05) is 22.7 Å². The van der Waals surface area contributed by atoms with Gasteiger partial charge in [0, 0.05) is 30.7 Å². The maximum Gasteiger partial charge on any atom is 0.271 e. The van der Waals surface area contributed by atoms with Crippen molar-refractivity contribution in [3.8, 4) is 0 Å². The second kappa shape index (κ2) is 4.80. The van der Waals surface area contributed by atoms with Crippen LogP contribution in [0.1, 0.15) is 16.9 Å². The van der Waals surface area contributed by atoms with E-state index in [1.54, 1.807) is 6.20 Å². The number of piperidine rings is 1. The molecule has 5 nitrogen and oxygen atoms in total. The molecule has 1 N–H and O–H groups in total. The zero-order valence-electron chi connectivity index (χ0n) is 12.8. The van der Waals surface area contributed by atoms with Crippen molar-refractivity contribution in [1.82, 2.24) is 19.6 Å². The van der Waals surface area contributed by atoms with Crippen LogP contribution >= 0.6 is 0 Å². The number of hydrogen-bond acceptors (Lipinski definition) is 3. The molecule has 2 aliphatic rings. The van der Waals surface area contributed by atoms with Crippen LogP contribution in [0.25, 0.3) is 16.4 Å². The molecule has 2 saturated heterocycles. The molecule has 5 heteroatoms. The van der Waals surface area contributed by atoms with Gasteiger partial charge in [0.2, 0.25) is 0 Å². The molecule has 0 spiro atoms. The van der Waals surface area contributed by atoms with Crippen LogP contribution in [-0.4, -0.2) is 45.9 Å². The number of nitrogens with one attached hydrogen (secondary N) is 1. The summed E-state index contributed by atoms with van der Waals surface area (Å²) >= 11 is 0. The predicted octanol–water partition coefficient (Wildman–Crippen LogP) is 1.92. The lowest BCUT2D eigenvalue weighted by Gasteiger charge is -2.22. The van der Waals surface area contributed by atoms with Crippen molar-refractivity contribution in [2.45, 2.75) is 12.5 Å². The summed E-state index contributed by atoms with van der Waals surface area (Å²) in [6, 6.07) is 10.5. The Bertz CT molecular complexity index is 916. The molecule has 2 aliphatic heterocycles. The molecule has 2 fully saturated rings. The first-order valence-corrected chi connectivity index (χ1v) is 8.17. The van der Waals surface area contributed by atoms with Crippen molar-refractivity contribution in [3.63, 3.8) is 0 Å². The molecular weight excluding hydrogens is 288 g/mol. The number of carbonyl (C=O) groups excluding carboxylic acids is 1. The summed E-state index contributed by atoms with van der Waals surface area (Å²) < 4.78 is 2.04. The Hall–Kier alpha value is -2.40. The quantitative estimate of drug-likeness (QED) is 0.787. The summed E-state index contributed by atoms with van der Waals surface area (Å²) in [5.41, 5.74) is 2.59. The molecule has 116 valence electrons. The van der Waals surface area contributed by atoms with E-state index in [9.17, 15) is 4.79 Å². The van der Waals surface area contributed by atoms with Gasteiger partial charge >= 0.3 is 0 Å². The number of nitrogens with zero attached hydrogens (tertiary/aromatic N) is 3. The minimum atomic E-state index is -0.0663. The predicted molar refractivity (Wildman–Crippen MR) is 88.5 cm³/mol. The van der Waals surface area contributed by atoms with Gasteiger partial charge in [-0.25, -0.2) is 4.98 Å². The minimum Gasteiger partial charge on any atom is -0.346 e. The first kappa shape index (κ1) is 13.1. The summed E-state index contributed by atoms with van der Waals surface area (Å²) in [7, 11) is 0. The van der Waals surface area contributed by atoms with E-state index in [-0.39, 0.29) is 11.9 Å². The average molecular weight is 306 g/mol. The van der Waals surface area contributed by atoms with Crippen LogP contribution in [0, 0.1) is 5.92 Å². The summed E-state index contributed by atoms with van der Waals surface area (Å²) in [4.78, 5) is 19.4. The number of rotatable bonds is 2. The third-order valence-corrected chi connectivity index (χ3v) is 5.25. The second-order valence-electron chi connectivity index (χ2n) is 6.66. The third kappa shape index (κ3) is 2.04. The molecule has 1 amide bonds. The average Bonchev–Trinajstić information content (AvgIpc) is 3.27. The lowest BCUT2D eigenvalue weighted by molar-refractivity contribution is 0.0919. The Morgan fingerprint density at radius 2 is 2.17 bits per heavy atom. The standard InChI is InChI=1S/C18H18N4O/c23-18(20-15-10-21-6-5-13(15)9-21)16-11-22-14(8-19-16)7-12-3-1-2-4-17(12)22/h1-4,7-8,11,13,15H,5-6,9-10H2,(H,20,23)/t13-,15?/m0/s1. The van der Waals surface area contributed by atoms with Gasteiger partial charge in [-0.15, -0.1) is 0 Å². The topological polar surface area (TPSA) is 49.6 Å². The molecule has 2 bridgehead atoms. The van der Waals surface area contributed by atoms with Gasteiger partial charge in [0.25, 0.3) is 5.91 Å². The van der Waals surface area contributed by atoms with Crippen LogP contribution in [0.4, 0.5) is 0 Å². The molecule has 0 aliphatic carbocycles. The first-order chi connectivity index (χ1) is 11.3. The second-order valence-corrected chi connectivity index (χ2v) is 6.66. The fourth-order valence-electron chi connectivity index (χ4n) is 4.04.